The van der Waals surface area contributed by atoms with E-state index in [-0.39, 0.29) is 17.5 Å². The van der Waals surface area contributed by atoms with Gasteiger partial charge in [0.15, 0.2) is 0 Å². The van der Waals surface area contributed by atoms with Crippen molar-refractivity contribution < 1.29 is 14.4 Å². The van der Waals surface area contributed by atoms with Gasteiger partial charge in [-0.15, -0.1) is 0 Å². The molecular weight excluding hydrogens is 341 g/mol. The molecule has 0 aromatic heterocycles. The average Bonchev–Trinajstić information content (AvgIpc) is 2.72. The maximum Gasteiger partial charge on any atom is 0.325 e. The fourth-order valence-electron chi connectivity index (χ4n) is 2.31. The Balaban J connectivity index is 2.22. The monoisotopic (exact) mass is 357 g/mol. The molecule has 1 unspecified atom stereocenters. The van der Waals surface area contributed by atoms with Crippen LogP contribution < -0.4 is 10.6 Å². The Labute approximate surface area is 144 Å². The summed E-state index contributed by atoms with van der Waals surface area (Å²) >= 11 is 11.9. The fourth-order valence-corrected chi connectivity index (χ4v) is 2.61. The lowest BCUT2D eigenvalue weighted by atomic mass is 9.92. The molecule has 4 amide bonds. The maximum atomic E-state index is 12.6. The lowest BCUT2D eigenvalue weighted by Gasteiger charge is -2.22. The maximum absolute atomic E-state index is 12.6. The number of nitrogens with zero attached hydrogens (tertiary/aromatic N) is 1. The van der Waals surface area contributed by atoms with Crippen molar-refractivity contribution in [3.63, 3.8) is 0 Å². The van der Waals surface area contributed by atoms with Crippen molar-refractivity contribution in [2.75, 3.05) is 13.1 Å². The zero-order chi connectivity index (χ0) is 17.2. The Hall–Kier alpha value is -1.79. The van der Waals surface area contributed by atoms with E-state index in [0.717, 1.165) is 11.3 Å². The molecule has 0 bridgehead atoms. The molecule has 6 nitrogen and oxygen atoms in total. The largest absolute Gasteiger partial charge is 0.355 e. The number of hydrogen-bond acceptors (Lipinski definition) is 3. The molecule has 8 heteroatoms. The van der Waals surface area contributed by atoms with Gasteiger partial charge in [-0.05, 0) is 31.0 Å². The van der Waals surface area contributed by atoms with Crippen molar-refractivity contribution in [3.05, 3.63) is 33.8 Å². The second-order valence-electron chi connectivity index (χ2n) is 5.43. The second-order valence-corrected chi connectivity index (χ2v) is 6.24. The second kappa shape index (κ2) is 6.76. The van der Waals surface area contributed by atoms with Crippen LogP contribution in [0.1, 0.15) is 25.8 Å². The number of urea groups is 1. The number of hydrogen-bond donors (Lipinski definition) is 2. The van der Waals surface area contributed by atoms with Gasteiger partial charge in [-0.2, -0.15) is 0 Å². The zero-order valence-corrected chi connectivity index (χ0v) is 14.3. The van der Waals surface area contributed by atoms with E-state index in [1.54, 1.807) is 19.1 Å². The Kier molecular flexibility index (Phi) is 5.16. The van der Waals surface area contributed by atoms with E-state index < -0.39 is 17.5 Å². The summed E-state index contributed by atoms with van der Waals surface area (Å²) in [5.41, 5.74) is -0.780. The molecule has 1 atom stereocenters. The number of carbonyl (C=O) groups excluding carboxylic acids is 3. The van der Waals surface area contributed by atoms with Gasteiger partial charge < -0.3 is 10.6 Å². The lowest BCUT2D eigenvalue weighted by Crippen LogP contribution is -2.43. The van der Waals surface area contributed by atoms with Crippen molar-refractivity contribution in [2.45, 2.75) is 25.8 Å². The molecule has 0 aliphatic carbocycles. The molecule has 1 aromatic rings. The van der Waals surface area contributed by atoms with Gasteiger partial charge in [0.2, 0.25) is 5.91 Å². The molecule has 1 saturated heterocycles. The minimum Gasteiger partial charge on any atom is -0.355 e. The number of benzene rings is 1. The summed E-state index contributed by atoms with van der Waals surface area (Å²) in [6, 6.07) is 4.09. The molecular formula is C15H17Cl2N3O3. The van der Waals surface area contributed by atoms with Gasteiger partial charge in [0.1, 0.15) is 12.1 Å². The molecule has 2 rings (SSSR count). The van der Waals surface area contributed by atoms with Crippen molar-refractivity contribution in [1.29, 1.82) is 0 Å². The van der Waals surface area contributed by atoms with Crippen LogP contribution in [-0.4, -0.2) is 35.8 Å². The molecule has 1 aliphatic rings. The summed E-state index contributed by atoms with van der Waals surface area (Å²) in [4.78, 5) is 37.4. The van der Waals surface area contributed by atoms with Crippen LogP contribution in [0.4, 0.5) is 4.79 Å². The van der Waals surface area contributed by atoms with Crippen molar-refractivity contribution in [1.82, 2.24) is 15.5 Å². The Morgan fingerprint density at radius 2 is 2.00 bits per heavy atom. The molecule has 124 valence electrons. The molecule has 0 radical (unpaired) electrons. The summed E-state index contributed by atoms with van der Waals surface area (Å²) in [5.74, 6) is -0.888. The molecule has 0 spiro atoms. The first kappa shape index (κ1) is 17.6. The SMILES string of the molecule is CCCNC(=O)CN1C(=O)NC(C)(c2ccc(Cl)c(Cl)c2)C1=O. The predicted molar refractivity (Wildman–Crippen MR) is 87.4 cm³/mol. The van der Waals surface area contributed by atoms with Crippen LogP contribution in [0.3, 0.4) is 0 Å². The Morgan fingerprint density at radius 3 is 2.61 bits per heavy atom. The highest BCUT2D eigenvalue weighted by molar-refractivity contribution is 6.42. The van der Waals surface area contributed by atoms with Crippen LogP contribution in [0.25, 0.3) is 0 Å². The first-order chi connectivity index (χ1) is 10.8. The van der Waals surface area contributed by atoms with Gasteiger partial charge in [0.05, 0.1) is 10.0 Å². The highest BCUT2D eigenvalue weighted by Crippen LogP contribution is 2.32. The highest BCUT2D eigenvalue weighted by atomic mass is 35.5. The molecule has 1 fully saturated rings. The van der Waals surface area contributed by atoms with Gasteiger partial charge in [-0.3, -0.25) is 14.5 Å². The van der Waals surface area contributed by atoms with Crippen molar-refractivity contribution in [2.24, 2.45) is 0 Å². The van der Waals surface area contributed by atoms with Crippen LogP contribution in [0.15, 0.2) is 18.2 Å². The van der Waals surface area contributed by atoms with Gasteiger partial charge in [0, 0.05) is 6.54 Å². The number of amides is 4. The van der Waals surface area contributed by atoms with E-state index in [0.29, 0.717) is 17.1 Å². The number of halogens is 2. The number of carbonyl (C=O) groups is 3. The minimum atomic E-state index is -1.28. The van der Waals surface area contributed by atoms with Gasteiger partial charge in [0.25, 0.3) is 5.91 Å². The lowest BCUT2D eigenvalue weighted by molar-refractivity contribution is -0.134. The molecule has 1 aromatic carbocycles. The van der Waals surface area contributed by atoms with Crippen LogP contribution in [0.5, 0.6) is 0 Å². The summed E-state index contributed by atoms with van der Waals surface area (Å²) in [5, 5.41) is 5.88. The van der Waals surface area contributed by atoms with E-state index >= 15 is 0 Å². The van der Waals surface area contributed by atoms with E-state index in [1.807, 2.05) is 6.92 Å². The third kappa shape index (κ3) is 3.43. The number of nitrogens with one attached hydrogen (secondary N) is 2. The van der Waals surface area contributed by atoms with E-state index in [4.69, 9.17) is 23.2 Å². The van der Waals surface area contributed by atoms with Crippen LogP contribution in [0.2, 0.25) is 10.0 Å². The molecule has 1 heterocycles. The van der Waals surface area contributed by atoms with Crippen LogP contribution in [0, 0.1) is 0 Å². The number of imide groups is 1. The Bertz CT molecular complexity index is 665. The molecule has 0 saturated carbocycles. The summed E-state index contributed by atoms with van der Waals surface area (Å²) in [6.45, 7) is 3.65. The number of rotatable bonds is 5. The molecule has 23 heavy (non-hydrogen) atoms. The average molecular weight is 358 g/mol. The summed E-state index contributed by atoms with van der Waals surface area (Å²) in [7, 11) is 0. The normalized spacial score (nSPS) is 20.6. The standard InChI is InChI=1S/C15H17Cl2N3O3/c1-3-6-18-12(21)8-20-13(22)15(2,19-14(20)23)9-4-5-10(16)11(17)7-9/h4-5,7H,3,6,8H2,1-2H3,(H,18,21)(H,19,23). The smallest absolute Gasteiger partial charge is 0.325 e. The quantitative estimate of drug-likeness (QED) is 0.793. The minimum absolute atomic E-state index is 0.284. The highest BCUT2D eigenvalue weighted by Gasteiger charge is 2.49. The first-order valence-corrected chi connectivity index (χ1v) is 7.91. The molecule has 2 N–H and O–H groups in total. The van der Waals surface area contributed by atoms with Crippen LogP contribution >= 0.6 is 23.2 Å². The third-order valence-electron chi connectivity index (χ3n) is 3.65. The zero-order valence-electron chi connectivity index (χ0n) is 12.8. The van der Waals surface area contributed by atoms with E-state index in [9.17, 15) is 14.4 Å². The van der Waals surface area contributed by atoms with Gasteiger partial charge >= 0.3 is 6.03 Å². The van der Waals surface area contributed by atoms with E-state index in [2.05, 4.69) is 10.6 Å². The van der Waals surface area contributed by atoms with E-state index in [1.165, 1.54) is 6.07 Å². The van der Waals surface area contributed by atoms with Crippen molar-refractivity contribution >= 4 is 41.0 Å². The topological polar surface area (TPSA) is 78.5 Å². The summed E-state index contributed by atoms with van der Waals surface area (Å²) < 4.78 is 0. The summed E-state index contributed by atoms with van der Waals surface area (Å²) in [6.07, 6.45) is 0.771. The van der Waals surface area contributed by atoms with Crippen molar-refractivity contribution in [3.8, 4) is 0 Å². The molecule has 1 aliphatic heterocycles. The first-order valence-electron chi connectivity index (χ1n) is 7.16. The Morgan fingerprint density at radius 1 is 1.30 bits per heavy atom. The van der Waals surface area contributed by atoms with Crippen LogP contribution in [-0.2, 0) is 15.1 Å². The van der Waals surface area contributed by atoms with Gasteiger partial charge in [-0.1, -0.05) is 36.2 Å². The fraction of sp³-hybridized carbons (Fsp3) is 0.400. The third-order valence-corrected chi connectivity index (χ3v) is 4.38. The predicted octanol–water partition coefficient (Wildman–Crippen LogP) is 2.29. The van der Waals surface area contributed by atoms with Gasteiger partial charge in [-0.25, -0.2) is 4.79 Å².